The molecule has 2 aromatic carbocycles. The molecule has 29 heavy (non-hydrogen) atoms. The van der Waals surface area contributed by atoms with Crippen LogP contribution in [0.15, 0.2) is 42.5 Å². The third-order valence-electron chi connectivity index (χ3n) is 4.12. The largest absolute Gasteiger partial charge is 0.494 e. The number of ether oxygens (including phenoxy) is 2. The van der Waals surface area contributed by atoms with Gasteiger partial charge in [0, 0.05) is 12.1 Å². The van der Waals surface area contributed by atoms with Gasteiger partial charge in [-0.2, -0.15) is 0 Å². The summed E-state index contributed by atoms with van der Waals surface area (Å²) in [4.78, 5) is 35.6. The summed E-state index contributed by atoms with van der Waals surface area (Å²) >= 11 is 0. The Hall–Kier alpha value is -3.35. The number of carbonyl (C=O) groups excluding carboxylic acids is 3. The van der Waals surface area contributed by atoms with E-state index >= 15 is 0 Å². The second-order valence-corrected chi connectivity index (χ2v) is 6.52. The zero-order valence-corrected chi connectivity index (χ0v) is 16.9. The van der Waals surface area contributed by atoms with Gasteiger partial charge < -0.3 is 14.8 Å². The third kappa shape index (κ3) is 7.29. The Balaban J connectivity index is 1.74. The van der Waals surface area contributed by atoms with Gasteiger partial charge in [-0.3, -0.25) is 14.9 Å². The first-order valence-corrected chi connectivity index (χ1v) is 9.43. The van der Waals surface area contributed by atoms with Gasteiger partial charge in [0.1, 0.15) is 5.75 Å². The molecule has 3 amide bonds. The highest BCUT2D eigenvalue weighted by atomic mass is 16.5. The minimum Gasteiger partial charge on any atom is -0.494 e. The van der Waals surface area contributed by atoms with Crippen molar-refractivity contribution in [1.82, 2.24) is 5.32 Å². The molecule has 0 saturated heterocycles. The highest BCUT2D eigenvalue weighted by Gasteiger charge is 2.13. The lowest BCUT2D eigenvalue weighted by molar-refractivity contribution is -0.148. The Morgan fingerprint density at radius 2 is 1.79 bits per heavy atom. The van der Waals surface area contributed by atoms with Crippen LogP contribution in [0.25, 0.3) is 0 Å². The summed E-state index contributed by atoms with van der Waals surface area (Å²) in [6, 6.07) is 12.3. The second-order valence-electron chi connectivity index (χ2n) is 6.52. The summed E-state index contributed by atoms with van der Waals surface area (Å²) in [5.41, 5.74) is 3.45. The van der Waals surface area contributed by atoms with Crippen LogP contribution in [0.3, 0.4) is 0 Å². The minimum absolute atomic E-state index is 0.103. The maximum atomic E-state index is 11.9. The zero-order valence-electron chi connectivity index (χ0n) is 16.9. The highest BCUT2D eigenvalue weighted by molar-refractivity contribution is 6.02. The van der Waals surface area contributed by atoms with Crippen LogP contribution in [0.4, 0.5) is 10.5 Å². The molecule has 2 N–H and O–H groups in total. The molecule has 0 aliphatic carbocycles. The standard InChI is InChI=1S/C22H26N2O5/c1-4-28-19-8-6-5-7-17(19)10-12-21(26)29-14-20(25)24-22(27)23-18-11-9-15(2)13-16(18)3/h5-9,11,13H,4,10,12,14H2,1-3H3,(H2,23,24,25,27). The van der Waals surface area contributed by atoms with Crippen molar-refractivity contribution >= 4 is 23.6 Å². The van der Waals surface area contributed by atoms with Crippen molar-refractivity contribution < 1.29 is 23.9 Å². The summed E-state index contributed by atoms with van der Waals surface area (Å²) in [6.45, 7) is 5.71. The maximum absolute atomic E-state index is 11.9. The normalized spacial score (nSPS) is 10.2. The summed E-state index contributed by atoms with van der Waals surface area (Å²) < 4.78 is 10.5. The van der Waals surface area contributed by atoms with Crippen LogP contribution in [0, 0.1) is 13.8 Å². The number of benzene rings is 2. The molecule has 2 rings (SSSR count). The van der Waals surface area contributed by atoms with Gasteiger partial charge in [0.2, 0.25) is 0 Å². The predicted molar refractivity (Wildman–Crippen MR) is 110 cm³/mol. The highest BCUT2D eigenvalue weighted by Crippen LogP contribution is 2.19. The lowest BCUT2D eigenvalue weighted by Gasteiger charge is -2.11. The Labute approximate surface area is 170 Å². The summed E-state index contributed by atoms with van der Waals surface area (Å²) in [5.74, 6) is -0.500. The number of urea groups is 1. The molecular formula is C22H26N2O5. The molecule has 0 aromatic heterocycles. The summed E-state index contributed by atoms with van der Waals surface area (Å²) in [6.07, 6.45) is 0.538. The van der Waals surface area contributed by atoms with E-state index in [9.17, 15) is 14.4 Å². The molecule has 0 bridgehead atoms. The Bertz CT molecular complexity index is 879. The number of nitrogens with one attached hydrogen (secondary N) is 2. The molecule has 0 saturated carbocycles. The number of anilines is 1. The fourth-order valence-corrected chi connectivity index (χ4v) is 2.73. The number of imide groups is 1. The van der Waals surface area contributed by atoms with E-state index < -0.39 is 24.5 Å². The Morgan fingerprint density at radius 3 is 2.52 bits per heavy atom. The minimum atomic E-state index is -0.699. The molecular weight excluding hydrogens is 372 g/mol. The van der Waals surface area contributed by atoms with Crippen LogP contribution in [0.1, 0.15) is 30.0 Å². The lowest BCUT2D eigenvalue weighted by atomic mass is 10.1. The van der Waals surface area contributed by atoms with Crippen molar-refractivity contribution in [3.63, 3.8) is 0 Å². The van der Waals surface area contributed by atoms with Crippen molar-refractivity contribution in [3.05, 3.63) is 59.2 Å². The molecule has 0 aliphatic heterocycles. The van der Waals surface area contributed by atoms with Gasteiger partial charge >= 0.3 is 12.0 Å². The Kier molecular flexibility index (Phi) is 8.21. The van der Waals surface area contributed by atoms with Crippen molar-refractivity contribution in [2.24, 2.45) is 0 Å². The van der Waals surface area contributed by atoms with E-state index in [1.165, 1.54) is 0 Å². The molecule has 7 heteroatoms. The topological polar surface area (TPSA) is 93.7 Å². The predicted octanol–water partition coefficient (Wildman–Crippen LogP) is 3.53. The number of hydrogen-bond acceptors (Lipinski definition) is 5. The van der Waals surface area contributed by atoms with E-state index in [1.807, 2.05) is 57.2 Å². The van der Waals surface area contributed by atoms with Crippen LogP contribution in [-0.2, 0) is 20.7 Å². The summed E-state index contributed by atoms with van der Waals surface area (Å²) in [7, 11) is 0. The van der Waals surface area contributed by atoms with E-state index in [2.05, 4.69) is 10.6 Å². The quantitative estimate of drug-likeness (QED) is 0.664. The van der Waals surface area contributed by atoms with Gasteiger partial charge in [0.15, 0.2) is 6.61 Å². The number of hydrogen-bond donors (Lipinski definition) is 2. The van der Waals surface area contributed by atoms with E-state index in [1.54, 1.807) is 6.07 Å². The number of rotatable bonds is 8. The van der Waals surface area contributed by atoms with Crippen LogP contribution in [0.5, 0.6) is 5.75 Å². The van der Waals surface area contributed by atoms with E-state index in [0.29, 0.717) is 18.7 Å². The van der Waals surface area contributed by atoms with Gasteiger partial charge in [-0.05, 0) is 50.5 Å². The van der Waals surface area contributed by atoms with Gasteiger partial charge in [-0.25, -0.2) is 4.79 Å². The average molecular weight is 398 g/mol. The first-order chi connectivity index (χ1) is 13.9. The maximum Gasteiger partial charge on any atom is 0.325 e. The smallest absolute Gasteiger partial charge is 0.325 e. The van der Waals surface area contributed by atoms with E-state index in [-0.39, 0.29) is 6.42 Å². The number of para-hydroxylation sites is 1. The van der Waals surface area contributed by atoms with E-state index in [4.69, 9.17) is 9.47 Å². The molecule has 0 aliphatic rings. The van der Waals surface area contributed by atoms with Crippen LogP contribution in [-0.4, -0.2) is 31.1 Å². The molecule has 0 spiro atoms. The molecule has 154 valence electrons. The monoisotopic (exact) mass is 398 g/mol. The fourth-order valence-electron chi connectivity index (χ4n) is 2.73. The molecule has 0 unspecified atom stereocenters. The molecule has 0 heterocycles. The molecule has 7 nitrogen and oxygen atoms in total. The lowest BCUT2D eigenvalue weighted by Crippen LogP contribution is -2.37. The van der Waals surface area contributed by atoms with Crippen molar-refractivity contribution in [2.75, 3.05) is 18.5 Å². The third-order valence-corrected chi connectivity index (χ3v) is 4.12. The molecule has 0 atom stereocenters. The first kappa shape index (κ1) is 21.9. The van der Waals surface area contributed by atoms with Gasteiger partial charge in [-0.1, -0.05) is 35.9 Å². The van der Waals surface area contributed by atoms with Gasteiger partial charge in [-0.15, -0.1) is 0 Å². The fraction of sp³-hybridized carbons (Fsp3) is 0.318. The SMILES string of the molecule is CCOc1ccccc1CCC(=O)OCC(=O)NC(=O)Nc1ccc(C)cc1C. The van der Waals surface area contributed by atoms with Crippen molar-refractivity contribution in [3.8, 4) is 5.75 Å². The van der Waals surface area contributed by atoms with Crippen LogP contribution >= 0.6 is 0 Å². The second kappa shape index (κ2) is 10.8. The molecule has 0 fully saturated rings. The van der Waals surface area contributed by atoms with Crippen LogP contribution in [0.2, 0.25) is 0 Å². The van der Waals surface area contributed by atoms with Gasteiger partial charge in [0.05, 0.1) is 6.61 Å². The van der Waals surface area contributed by atoms with Crippen LogP contribution < -0.4 is 15.4 Å². The number of aryl methyl sites for hydroxylation is 3. The zero-order chi connectivity index (χ0) is 21.2. The van der Waals surface area contributed by atoms with Crippen molar-refractivity contribution in [2.45, 2.75) is 33.6 Å². The average Bonchev–Trinajstić information content (AvgIpc) is 2.68. The molecule has 0 radical (unpaired) electrons. The van der Waals surface area contributed by atoms with E-state index in [0.717, 1.165) is 22.4 Å². The first-order valence-electron chi connectivity index (χ1n) is 9.43. The summed E-state index contributed by atoms with van der Waals surface area (Å²) in [5, 5.41) is 4.73. The number of carbonyl (C=O) groups is 3. The number of amides is 3. The number of esters is 1. The van der Waals surface area contributed by atoms with Gasteiger partial charge in [0.25, 0.3) is 5.91 Å². The van der Waals surface area contributed by atoms with Crippen molar-refractivity contribution in [1.29, 1.82) is 0 Å². The molecule has 2 aromatic rings. The Morgan fingerprint density at radius 1 is 1.03 bits per heavy atom.